The number of ether oxygens (including phenoxy) is 1. The van der Waals surface area contributed by atoms with Crippen LogP contribution in [0.1, 0.15) is 19.3 Å². The summed E-state index contributed by atoms with van der Waals surface area (Å²) in [6, 6.07) is 0. The lowest BCUT2D eigenvalue weighted by atomic mass is 10.3. The maximum absolute atomic E-state index is 5.58. The Balaban J connectivity index is 1.70. The molecule has 0 bridgehead atoms. The van der Waals surface area contributed by atoms with Crippen molar-refractivity contribution in [1.82, 2.24) is 15.2 Å². The van der Waals surface area contributed by atoms with Gasteiger partial charge in [-0.25, -0.2) is 5.84 Å². The van der Waals surface area contributed by atoms with Crippen molar-refractivity contribution < 1.29 is 4.74 Å². The van der Waals surface area contributed by atoms with Crippen molar-refractivity contribution >= 4 is 5.96 Å². The highest BCUT2D eigenvalue weighted by Gasteiger charge is 2.26. The van der Waals surface area contributed by atoms with Crippen molar-refractivity contribution in [2.45, 2.75) is 19.3 Å². The molecule has 110 valence electrons. The molecule has 2 rings (SSSR count). The number of nitrogens with zero attached hydrogens (tertiary/aromatic N) is 3. The highest BCUT2D eigenvalue weighted by molar-refractivity contribution is 5.79. The Morgan fingerprint density at radius 1 is 1.32 bits per heavy atom. The van der Waals surface area contributed by atoms with E-state index in [2.05, 4.69) is 20.2 Å². The van der Waals surface area contributed by atoms with Gasteiger partial charge in [0.05, 0.1) is 0 Å². The third-order valence-corrected chi connectivity index (χ3v) is 3.78. The van der Waals surface area contributed by atoms with Gasteiger partial charge < -0.3 is 9.64 Å². The molecule has 1 aliphatic heterocycles. The molecule has 2 aliphatic rings. The van der Waals surface area contributed by atoms with Crippen LogP contribution in [0.2, 0.25) is 0 Å². The van der Waals surface area contributed by atoms with Crippen LogP contribution in [0.5, 0.6) is 0 Å². The molecular formula is C13H27N5O. The summed E-state index contributed by atoms with van der Waals surface area (Å²) in [5.74, 6) is 7.37. The third kappa shape index (κ3) is 4.97. The summed E-state index contributed by atoms with van der Waals surface area (Å²) in [5.41, 5.74) is 2.73. The monoisotopic (exact) mass is 269 g/mol. The van der Waals surface area contributed by atoms with Crippen LogP contribution in [0.3, 0.4) is 0 Å². The van der Waals surface area contributed by atoms with Gasteiger partial charge in [0, 0.05) is 53.0 Å². The summed E-state index contributed by atoms with van der Waals surface area (Å²) in [4.78, 5) is 9.32. The van der Waals surface area contributed by atoms with Gasteiger partial charge in [0.15, 0.2) is 0 Å². The number of hydrogen-bond acceptors (Lipinski definition) is 4. The number of nitrogens with one attached hydrogen (secondary N) is 1. The zero-order valence-electron chi connectivity index (χ0n) is 12.0. The van der Waals surface area contributed by atoms with Gasteiger partial charge in [-0.15, -0.1) is 0 Å². The molecule has 0 aromatic rings. The fourth-order valence-electron chi connectivity index (χ4n) is 2.44. The van der Waals surface area contributed by atoms with Crippen molar-refractivity contribution in [3.8, 4) is 0 Å². The van der Waals surface area contributed by atoms with Crippen LogP contribution in [0.4, 0.5) is 0 Å². The van der Waals surface area contributed by atoms with E-state index in [1.165, 1.54) is 19.4 Å². The van der Waals surface area contributed by atoms with E-state index in [0.29, 0.717) is 0 Å². The Kier molecular flexibility index (Phi) is 5.88. The average Bonchev–Trinajstić information content (AvgIpc) is 3.24. The first-order valence-corrected chi connectivity index (χ1v) is 7.30. The molecule has 0 atom stereocenters. The molecule has 0 amide bonds. The van der Waals surface area contributed by atoms with E-state index in [9.17, 15) is 0 Å². The van der Waals surface area contributed by atoms with Crippen molar-refractivity contribution in [1.29, 1.82) is 0 Å². The van der Waals surface area contributed by atoms with Gasteiger partial charge >= 0.3 is 0 Å². The Morgan fingerprint density at radius 3 is 2.63 bits per heavy atom. The normalized spacial score (nSPS) is 21.8. The van der Waals surface area contributed by atoms with Gasteiger partial charge in [0.1, 0.15) is 0 Å². The summed E-state index contributed by atoms with van der Waals surface area (Å²) >= 11 is 0. The first-order valence-electron chi connectivity index (χ1n) is 7.30. The molecule has 6 heteroatoms. The maximum Gasteiger partial charge on any atom is 0.208 e. The van der Waals surface area contributed by atoms with E-state index in [0.717, 1.165) is 57.6 Å². The minimum Gasteiger partial charge on any atom is -0.385 e. The second kappa shape index (κ2) is 7.67. The van der Waals surface area contributed by atoms with Gasteiger partial charge in [-0.2, -0.15) is 0 Å². The minimum absolute atomic E-state index is 0.747. The summed E-state index contributed by atoms with van der Waals surface area (Å²) in [6.07, 6.45) is 3.79. The molecule has 1 aliphatic carbocycles. The smallest absolute Gasteiger partial charge is 0.208 e. The molecule has 0 unspecified atom stereocenters. The number of hydrazine groups is 1. The lowest BCUT2D eigenvalue weighted by Crippen LogP contribution is -2.54. The van der Waals surface area contributed by atoms with Crippen LogP contribution in [0, 0.1) is 5.92 Å². The van der Waals surface area contributed by atoms with E-state index in [1.807, 2.05) is 0 Å². The zero-order chi connectivity index (χ0) is 13.5. The highest BCUT2D eigenvalue weighted by atomic mass is 16.5. The molecule has 0 spiro atoms. The molecule has 3 N–H and O–H groups in total. The van der Waals surface area contributed by atoms with Crippen molar-refractivity contribution in [2.75, 3.05) is 53.0 Å². The fourth-order valence-corrected chi connectivity index (χ4v) is 2.44. The molecule has 0 radical (unpaired) electrons. The molecule has 1 saturated heterocycles. The van der Waals surface area contributed by atoms with Crippen molar-refractivity contribution in [2.24, 2.45) is 16.8 Å². The Morgan fingerprint density at radius 2 is 2.05 bits per heavy atom. The quantitative estimate of drug-likeness (QED) is 0.231. The average molecular weight is 269 g/mol. The van der Waals surface area contributed by atoms with Crippen LogP contribution < -0.4 is 11.3 Å². The zero-order valence-corrected chi connectivity index (χ0v) is 12.0. The number of piperazine rings is 1. The van der Waals surface area contributed by atoms with Crippen molar-refractivity contribution in [3.05, 3.63) is 0 Å². The molecule has 0 aromatic carbocycles. The highest BCUT2D eigenvalue weighted by Crippen LogP contribution is 2.29. The van der Waals surface area contributed by atoms with Gasteiger partial charge in [-0.3, -0.25) is 15.3 Å². The van der Waals surface area contributed by atoms with E-state index in [4.69, 9.17) is 10.6 Å². The number of hydrogen-bond donors (Lipinski definition) is 2. The van der Waals surface area contributed by atoms with Crippen LogP contribution in [-0.2, 0) is 4.74 Å². The predicted octanol–water partition coefficient (Wildman–Crippen LogP) is -0.130. The van der Waals surface area contributed by atoms with Crippen LogP contribution in [-0.4, -0.2) is 68.7 Å². The van der Waals surface area contributed by atoms with Crippen LogP contribution in [0.25, 0.3) is 0 Å². The standard InChI is InChI=1S/C13H27N5O/c1-19-10-2-5-15-13(16-14)18-8-6-17(7-9-18)11-12-3-4-12/h12H,2-11,14H2,1H3,(H,15,16). The number of rotatable bonds is 6. The molecular weight excluding hydrogens is 242 g/mol. The molecule has 6 nitrogen and oxygen atoms in total. The topological polar surface area (TPSA) is 66.1 Å². The number of methoxy groups -OCH3 is 1. The summed E-state index contributed by atoms with van der Waals surface area (Å²) in [6.45, 7) is 7.06. The Labute approximate surface area is 115 Å². The number of nitrogens with two attached hydrogens (primary N) is 1. The first-order chi connectivity index (χ1) is 9.33. The van der Waals surface area contributed by atoms with Gasteiger partial charge in [-0.05, 0) is 25.2 Å². The van der Waals surface area contributed by atoms with Gasteiger partial charge in [0.2, 0.25) is 5.96 Å². The minimum atomic E-state index is 0.747. The molecule has 1 heterocycles. The summed E-state index contributed by atoms with van der Waals surface area (Å²) in [7, 11) is 1.71. The molecule has 19 heavy (non-hydrogen) atoms. The van der Waals surface area contributed by atoms with Gasteiger partial charge in [-0.1, -0.05) is 0 Å². The second-order valence-electron chi connectivity index (χ2n) is 5.43. The van der Waals surface area contributed by atoms with Gasteiger partial charge in [0.25, 0.3) is 0 Å². The second-order valence-corrected chi connectivity index (χ2v) is 5.43. The van der Waals surface area contributed by atoms with E-state index in [-0.39, 0.29) is 0 Å². The first kappa shape index (κ1) is 14.6. The molecule has 0 aromatic heterocycles. The van der Waals surface area contributed by atoms with Crippen molar-refractivity contribution in [3.63, 3.8) is 0 Å². The van der Waals surface area contributed by atoms with E-state index in [1.54, 1.807) is 7.11 Å². The van der Waals surface area contributed by atoms with Crippen LogP contribution >= 0.6 is 0 Å². The van der Waals surface area contributed by atoms with E-state index >= 15 is 0 Å². The fraction of sp³-hybridized carbons (Fsp3) is 0.923. The SMILES string of the molecule is COCCCN=C(NN)N1CCN(CC2CC2)CC1. The molecule has 1 saturated carbocycles. The summed E-state index contributed by atoms with van der Waals surface area (Å²) in [5, 5.41) is 0. The largest absolute Gasteiger partial charge is 0.385 e. The number of aliphatic imine (C=N–C) groups is 1. The van der Waals surface area contributed by atoms with Crippen LogP contribution in [0.15, 0.2) is 4.99 Å². The number of guanidine groups is 1. The third-order valence-electron chi connectivity index (χ3n) is 3.78. The lowest BCUT2D eigenvalue weighted by Gasteiger charge is -2.36. The van der Waals surface area contributed by atoms with E-state index < -0.39 is 0 Å². The Bertz CT molecular complexity index is 285. The molecule has 2 fully saturated rings. The Hall–Kier alpha value is -0.850. The lowest BCUT2D eigenvalue weighted by molar-refractivity contribution is 0.173. The maximum atomic E-state index is 5.58. The summed E-state index contributed by atoms with van der Waals surface area (Å²) < 4.78 is 5.02. The predicted molar refractivity (Wildman–Crippen MR) is 76.9 cm³/mol.